The summed E-state index contributed by atoms with van der Waals surface area (Å²) in [6, 6.07) is 3.54. The van der Waals surface area contributed by atoms with Gasteiger partial charge in [0.1, 0.15) is 5.69 Å². The molecule has 17 heavy (non-hydrogen) atoms. The number of rotatable bonds is 1. The van der Waals surface area contributed by atoms with Crippen LogP contribution in [0.25, 0.3) is 11.1 Å². The average Bonchev–Trinajstić information content (AvgIpc) is 2.86. The topological polar surface area (TPSA) is 58.5 Å². The fourth-order valence-electron chi connectivity index (χ4n) is 1.94. The van der Waals surface area contributed by atoms with E-state index in [-0.39, 0.29) is 5.91 Å². The molecule has 0 aliphatic carbocycles. The average molecular weight is 299 g/mol. The van der Waals surface area contributed by atoms with E-state index in [0.717, 1.165) is 5.52 Å². The Kier molecular flexibility index (Phi) is 2.68. The first-order valence-electron chi connectivity index (χ1n) is 5.39. The number of nitrogens with zero attached hydrogens (tertiary/aromatic N) is 1. The lowest BCUT2D eigenvalue weighted by molar-refractivity contribution is 0.0299. The molecule has 6 heteroatoms. The van der Waals surface area contributed by atoms with Crippen molar-refractivity contribution in [1.29, 1.82) is 0 Å². The number of hydrogen-bond acceptors (Lipinski definition) is 3. The van der Waals surface area contributed by atoms with Crippen LogP contribution in [-0.4, -0.2) is 42.1 Å². The Hall–Kier alpha value is -1.27. The molecule has 0 aromatic carbocycles. The number of aromatic amines is 1. The number of carbonyl (C=O) groups excluding carboxylic acids is 1. The summed E-state index contributed by atoms with van der Waals surface area (Å²) in [5, 5.41) is 0. The molecule has 0 saturated carbocycles. The quantitative estimate of drug-likeness (QED) is 0.876. The maximum atomic E-state index is 12.1. The van der Waals surface area contributed by atoms with Gasteiger partial charge in [0.25, 0.3) is 5.91 Å². The van der Waals surface area contributed by atoms with Crippen LogP contribution in [0.5, 0.6) is 0 Å². The zero-order chi connectivity index (χ0) is 11.8. The number of amides is 1. The van der Waals surface area contributed by atoms with E-state index in [2.05, 4.69) is 20.9 Å². The Bertz CT molecular complexity index is 523. The summed E-state index contributed by atoms with van der Waals surface area (Å²) in [5.41, 5.74) is 2.08. The molecule has 3 heterocycles. The molecule has 90 valence electrons. The van der Waals surface area contributed by atoms with Crippen molar-refractivity contribution in [2.75, 3.05) is 26.3 Å². The van der Waals surface area contributed by atoms with Gasteiger partial charge in [-0.2, -0.15) is 0 Å². The summed E-state index contributed by atoms with van der Waals surface area (Å²) < 4.78 is 11.2. The largest absolute Gasteiger partial charge is 0.448 e. The van der Waals surface area contributed by atoms with Gasteiger partial charge in [0.15, 0.2) is 10.3 Å². The molecule has 1 saturated heterocycles. The zero-order valence-electron chi connectivity index (χ0n) is 9.03. The standard InChI is InChI=1S/C11H11BrN2O3/c12-10-6-7-9(17-10)5-8(13-7)11(15)14-1-3-16-4-2-14/h5-6,13H,1-4H2. The highest BCUT2D eigenvalue weighted by molar-refractivity contribution is 9.10. The van der Waals surface area contributed by atoms with Gasteiger partial charge >= 0.3 is 0 Å². The number of morpholine rings is 1. The summed E-state index contributed by atoms with van der Waals surface area (Å²) in [5.74, 6) is -0.00387. The second-order valence-corrected chi connectivity index (χ2v) is 4.70. The van der Waals surface area contributed by atoms with E-state index in [9.17, 15) is 4.79 Å². The Balaban J connectivity index is 1.86. The van der Waals surface area contributed by atoms with Gasteiger partial charge in [-0.1, -0.05) is 0 Å². The lowest BCUT2D eigenvalue weighted by Gasteiger charge is -2.26. The Morgan fingerprint density at radius 2 is 2.12 bits per heavy atom. The fraction of sp³-hybridized carbons (Fsp3) is 0.364. The summed E-state index contributed by atoms with van der Waals surface area (Å²) >= 11 is 3.24. The lowest BCUT2D eigenvalue weighted by atomic mass is 10.3. The van der Waals surface area contributed by atoms with Crippen molar-refractivity contribution in [3.8, 4) is 0 Å². The van der Waals surface area contributed by atoms with Gasteiger partial charge in [0.05, 0.1) is 18.7 Å². The smallest absolute Gasteiger partial charge is 0.270 e. The molecule has 1 fully saturated rings. The monoisotopic (exact) mass is 298 g/mol. The number of aromatic nitrogens is 1. The summed E-state index contributed by atoms with van der Waals surface area (Å²) in [6.07, 6.45) is 0. The van der Waals surface area contributed by atoms with E-state index >= 15 is 0 Å². The Labute approximate surface area is 106 Å². The summed E-state index contributed by atoms with van der Waals surface area (Å²) in [7, 11) is 0. The van der Waals surface area contributed by atoms with Crippen molar-refractivity contribution >= 4 is 32.9 Å². The highest BCUT2D eigenvalue weighted by Gasteiger charge is 2.20. The molecule has 2 aromatic heterocycles. The van der Waals surface area contributed by atoms with Crippen molar-refractivity contribution < 1.29 is 13.9 Å². The van der Waals surface area contributed by atoms with Gasteiger partial charge in [-0.3, -0.25) is 4.79 Å². The number of hydrogen-bond donors (Lipinski definition) is 1. The van der Waals surface area contributed by atoms with Crippen LogP contribution >= 0.6 is 15.9 Å². The van der Waals surface area contributed by atoms with Crippen LogP contribution in [0.3, 0.4) is 0 Å². The summed E-state index contributed by atoms with van der Waals surface area (Å²) in [6.45, 7) is 2.49. The predicted octanol–water partition coefficient (Wildman–Crippen LogP) is 2.00. The van der Waals surface area contributed by atoms with Gasteiger partial charge in [0.2, 0.25) is 0 Å². The van der Waals surface area contributed by atoms with Gasteiger partial charge in [-0.15, -0.1) is 0 Å². The van der Waals surface area contributed by atoms with Crippen molar-refractivity contribution in [3.05, 3.63) is 22.5 Å². The van der Waals surface area contributed by atoms with E-state index in [1.54, 1.807) is 11.0 Å². The SMILES string of the molecule is O=C(c1cc2oc(Br)cc2[nH]1)N1CCOCC1. The molecule has 0 spiro atoms. The minimum atomic E-state index is -0.00387. The molecule has 2 aromatic rings. The third-order valence-corrected chi connectivity index (χ3v) is 3.19. The number of nitrogens with one attached hydrogen (secondary N) is 1. The molecule has 0 atom stereocenters. The predicted molar refractivity (Wildman–Crippen MR) is 65.0 cm³/mol. The van der Waals surface area contributed by atoms with E-state index in [1.807, 2.05) is 6.07 Å². The van der Waals surface area contributed by atoms with Crippen LogP contribution in [0.15, 0.2) is 21.2 Å². The summed E-state index contributed by atoms with van der Waals surface area (Å²) in [4.78, 5) is 17.0. The third kappa shape index (κ3) is 1.98. The van der Waals surface area contributed by atoms with Crippen LogP contribution in [0.4, 0.5) is 0 Å². The van der Waals surface area contributed by atoms with Gasteiger partial charge in [-0.05, 0) is 15.9 Å². The molecule has 1 N–H and O–H groups in total. The lowest BCUT2D eigenvalue weighted by Crippen LogP contribution is -2.40. The second kappa shape index (κ2) is 4.19. The third-order valence-electron chi connectivity index (χ3n) is 2.80. The Morgan fingerprint density at radius 1 is 1.35 bits per heavy atom. The number of halogens is 1. The first-order chi connectivity index (χ1) is 8.24. The first kappa shape index (κ1) is 10.9. The maximum absolute atomic E-state index is 12.1. The van der Waals surface area contributed by atoms with Crippen molar-refractivity contribution in [2.45, 2.75) is 0 Å². The Morgan fingerprint density at radius 3 is 2.82 bits per heavy atom. The minimum Gasteiger partial charge on any atom is -0.448 e. The van der Waals surface area contributed by atoms with Crippen LogP contribution in [0.2, 0.25) is 0 Å². The van der Waals surface area contributed by atoms with Crippen molar-refractivity contribution in [1.82, 2.24) is 9.88 Å². The molecule has 0 bridgehead atoms. The number of ether oxygens (including phenoxy) is 1. The highest BCUT2D eigenvalue weighted by Crippen LogP contribution is 2.24. The highest BCUT2D eigenvalue weighted by atomic mass is 79.9. The molecule has 0 radical (unpaired) electrons. The van der Waals surface area contributed by atoms with Crippen molar-refractivity contribution in [2.24, 2.45) is 0 Å². The molecule has 3 rings (SSSR count). The molecule has 1 aliphatic rings. The van der Waals surface area contributed by atoms with Gasteiger partial charge in [-0.25, -0.2) is 0 Å². The van der Waals surface area contributed by atoms with Gasteiger partial charge < -0.3 is 19.0 Å². The van der Waals surface area contributed by atoms with Crippen molar-refractivity contribution in [3.63, 3.8) is 0 Å². The minimum absolute atomic E-state index is 0.00387. The maximum Gasteiger partial charge on any atom is 0.270 e. The number of fused-ring (bicyclic) bond motifs is 1. The van der Waals surface area contributed by atoms with Crippen LogP contribution < -0.4 is 0 Å². The van der Waals surface area contributed by atoms with Crippen LogP contribution in [0.1, 0.15) is 10.5 Å². The molecule has 5 nitrogen and oxygen atoms in total. The van der Waals surface area contributed by atoms with Crippen LogP contribution in [-0.2, 0) is 4.74 Å². The molecular formula is C11H11BrN2O3. The number of H-pyrrole nitrogens is 1. The fourth-order valence-corrected chi connectivity index (χ4v) is 2.35. The first-order valence-corrected chi connectivity index (χ1v) is 6.18. The molecular weight excluding hydrogens is 288 g/mol. The normalized spacial score (nSPS) is 16.6. The number of furan rings is 1. The van der Waals surface area contributed by atoms with E-state index in [4.69, 9.17) is 9.15 Å². The molecule has 0 unspecified atom stereocenters. The van der Waals surface area contributed by atoms with E-state index in [0.29, 0.717) is 42.2 Å². The molecule has 1 amide bonds. The van der Waals surface area contributed by atoms with Gasteiger partial charge in [0, 0.05) is 25.2 Å². The zero-order valence-corrected chi connectivity index (χ0v) is 10.6. The molecule has 1 aliphatic heterocycles. The second-order valence-electron chi connectivity index (χ2n) is 3.92. The number of carbonyl (C=O) groups is 1. The van der Waals surface area contributed by atoms with E-state index < -0.39 is 0 Å². The van der Waals surface area contributed by atoms with E-state index in [1.165, 1.54) is 0 Å². The van der Waals surface area contributed by atoms with Crippen LogP contribution in [0, 0.1) is 0 Å².